The number of rotatable bonds is 7. The monoisotopic (exact) mass is 434 g/mol. The van der Waals surface area contributed by atoms with E-state index < -0.39 is 0 Å². The maximum absolute atomic E-state index is 11.5. The fraction of sp³-hybridized carbons (Fsp3) is 0.500. The van der Waals surface area contributed by atoms with Gasteiger partial charge in [-0.05, 0) is 12.1 Å². The van der Waals surface area contributed by atoms with Crippen molar-refractivity contribution >= 4 is 35.8 Å². The standard InChI is InChI=1S/C16H26N4O2.HI/c1-17-16(18-11-10-15(21)19(2)3)20(4)12-13-22-14-8-6-5-7-9-14;/h5-9H,10-13H2,1-4H3,(H,17,18);1H. The van der Waals surface area contributed by atoms with Crippen LogP contribution in [0.25, 0.3) is 0 Å². The molecule has 0 bridgehead atoms. The molecule has 0 saturated carbocycles. The van der Waals surface area contributed by atoms with Crippen LogP contribution in [-0.2, 0) is 4.79 Å². The number of likely N-dealkylation sites (N-methyl/N-ethyl adjacent to an activating group) is 1. The number of halogens is 1. The van der Waals surface area contributed by atoms with E-state index in [1.165, 1.54) is 0 Å². The van der Waals surface area contributed by atoms with Crippen LogP contribution in [0.2, 0.25) is 0 Å². The van der Waals surface area contributed by atoms with Crippen molar-refractivity contribution < 1.29 is 9.53 Å². The third-order valence-electron chi connectivity index (χ3n) is 3.13. The molecule has 1 aromatic rings. The van der Waals surface area contributed by atoms with Crippen molar-refractivity contribution in [3.8, 4) is 5.75 Å². The molecule has 23 heavy (non-hydrogen) atoms. The molecule has 1 amide bonds. The summed E-state index contributed by atoms with van der Waals surface area (Å²) in [6.45, 7) is 1.83. The Labute approximate surface area is 155 Å². The molecule has 7 heteroatoms. The van der Waals surface area contributed by atoms with Crippen molar-refractivity contribution in [1.82, 2.24) is 15.1 Å². The summed E-state index contributed by atoms with van der Waals surface area (Å²) < 4.78 is 5.66. The largest absolute Gasteiger partial charge is 0.492 e. The Hall–Kier alpha value is -1.51. The first-order chi connectivity index (χ1) is 10.5. The Morgan fingerprint density at radius 1 is 1.22 bits per heavy atom. The van der Waals surface area contributed by atoms with E-state index in [4.69, 9.17) is 4.74 Å². The highest BCUT2D eigenvalue weighted by molar-refractivity contribution is 14.0. The second-order valence-electron chi connectivity index (χ2n) is 5.10. The number of para-hydroxylation sites is 1. The van der Waals surface area contributed by atoms with Gasteiger partial charge in [0.1, 0.15) is 12.4 Å². The zero-order valence-corrected chi connectivity index (χ0v) is 16.6. The average molecular weight is 434 g/mol. The van der Waals surface area contributed by atoms with Gasteiger partial charge in [0, 0.05) is 41.2 Å². The highest BCUT2D eigenvalue weighted by atomic mass is 127. The van der Waals surface area contributed by atoms with Crippen molar-refractivity contribution in [3.05, 3.63) is 30.3 Å². The van der Waals surface area contributed by atoms with E-state index in [1.54, 1.807) is 26.0 Å². The van der Waals surface area contributed by atoms with Crippen LogP contribution < -0.4 is 10.1 Å². The molecule has 1 N–H and O–H groups in total. The van der Waals surface area contributed by atoms with Crippen molar-refractivity contribution in [2.75, 3.05) is 47.9 Å². The Balaban J connectivity index is 0.00000484. The predicted octanol–water partition coefficient (Wildman–Crippen LogP) is 1.67. The van der Waals surface area contributed by atoms with E-state index in [9.17, 15) is 4.79 Å². The van der Waals surface area contributed by atoms with Crippen LogP contribution in [0.15, 0.2) is 35.3 Å². The summed E-state index contributed by atoms with van der Waals surface area (Å²) in [6.07, 6.45) is 0.445. The van der Waals surface area contributed by atoms with Crippen molar-refractivity contribution in [1.29, 1.82) is 0 Å². The predicted molar refractivity (Wildman–Crippen MR) is 105 cm³/mol. The lowest BCUT2D eigenvalue weighted by Gasteiger charge is -2.22. The second kappa shape index (κ2) is 12.0. The van der Waals surface area contributed by atoms with Crippen molar-refractivity contribution in [3.63, 3.8) is 0 Å². The number of nitrogens with zero attached hydrogens (tertiary/aromatic N) is 3. The van der Waals surface area contributed by atoms with E-state index in [1.807, 2.05) is 42.3 Å². The third kappa shape index (κ3) is 8.63. The maximum atomic E-state index is 11.5. The summed E-state index contributed by atoms with van der Waals surface area (Å²) in [5.74, 6) is 1.71. The summed E-state index contributed by atoms with van der Waals surface area (Å²) in [5, 5.41) is 3.18. The first kappa shape index (κ1) is 21.5. The van der Waals surface area contributed by atoms with Gasteiger partial charge in [0.2, 0.25) is 5.91 Å². The summed E-state index contributed by atoms with van der Waals surface area (Å²) in [4.78, 5) is 19.3. The van der Waals surface area contributed by atoms with E-state index in [2.05, 4.69) is 10.3 Å². The van der Waals surface area contributed by atoms with Gasteiger partial charge in [-0.15, -0.1) is 24.0 Å². The number of benzene rings is 1. The summed E-state index contributed by atoms with van der Waals surface area (Å²) in [5.41, 5.74) is 0. The van der Waals surface area contributed by atoms with Gasteiger partial charge in [0.25, 0.3) is 0 Å². The van der Waals surface area contributed by atoms with Crippen LogP contribution in [0, 0.1) is 0 Å². The molecule has 0 radical (unpaired) electrons. The van der Waals surface area contributed by atoms with Gasteiger partial charge in [0.15, 0.2) is 5.96 Å². The molecule has 0 aromatic heterocycles. The van der Waals surface area contributed by atoms with Crippen LogP contribution in [-0.4, -0.2) is 69.6 Å². The van der Waals surface area contributed by atoms with Crippen LogP contribution >= 0.6 is 24.0 Å². The van der Waals surface area contributed by atoms with Gasteiger partial charge >= 0.3 is 0 Å². The number of carbonyl (C=O) groups is 1. The summed E-state index contributed by atoms with van der Waals surface area (Å²) >= 11 is 0. The molecule has 0 unspecified atom stereocenters. The first-order valence-corrected chi connectivity index (χ1v) is 7.34. The van der Waals surface area contributed by atoms with Crippen LogP contribution in [0.4, 0.5) is 0 Å². The van der Waals surface area contributed by atoms with Crippen LogP contribution in [0.1, 0.15) is 6.42 Å². The minimum absolute atomic E-state index is 0. The summed E-state index contributed by atoms with van der Waals surface area (Å²) in [6, 6.07) is 9.71. The van der Waals surface area contributed by atoms with E-state index in [-0.39, 0.29) is 29.9 Å². The number of hydrogen-bond donors (Lipinski definition) is 1. The number of guanidine groups is 1. The smallest absolute Gasteiger partial charge is 0.223 e. The Kier molecular flexibility index (Phi) is 11.2. The number of aliphatic imine (C=N–C) groups is 1. The molecule has 0 fully saturated rings. The minimum atomic E-state index is 0. The number of amides is 1. The molecular weight excluding hydrogens is 407 g/mol. The fourth-order valence-corrected chi connectivity index (χ4v) is 1.81. The van der Waals surface area contributed by atoms with Crippen LogP contribution in [0.3, 0.4) is 0 Å². The molecule has 1 aromatic carbocycles. The number of nitrogens with one attached hydrogen (secondary N) is 1. The SMILES string of the molecule is CN=C(NCCC(=O)N(C)C)N(C)CCOc1ccccc1.I. The van der Waals surface area contributed by atoms with Crippen LogP contribution in [0.5, 0.6) is 5.75 Å². The Bertz CT molecular complexity index is 480. The first-order valence-electron chi connectivity index (χ1n) is 7.34. The number of hydrogen-bond acceptors (Lipinski definition) is 3. The van der Waals surface area contributed by atoms with Gasteiger partial charge in [-0.2, -0.15) is 0 Å². The molecular formula is C16H27IN4O2. The molecule has 0 heterocycles. The second-order valence-corrected chi connectivity index (χ2v) is 5.10. The highest BCUT2D eigenvalue weighted by Gasteiger charge is 2.08. The van der Waals surface area contributed by atoms with Crippen molar-refractivity contribution in [2.45, 2.75) is 6.42 Å². The van der Waals surface area contributed by atoms with Gasteiger partial charge < -0.3 is 19.9 Å². The molecule has 130 valence electrons. The number of ether oxygens (including phenoxy) is 1. The molecule has 0 aliphatic carbocycles. The highest BCUT2D eigenvalue weighted by Crippen LogP contribution is 2.07. The lowest BCUT2D eigenvalue weighted by atomic mass is 10.3. The quantitative estimate of drug-likeness (QED) is 0.403. The minimum Gasteiger partial charge on any atom is -0.492 e. The fourth-order valence-electron chi connectivity index (χ4n) is 1.81. The number of carbonyl (C=O) groups excluding carboxylic acids is 1. The average Bonchev–Trinajstić information content (AvgIpc) is 2.52. The third-order valence-corrected chi connectivity index (χ3v) is 3.13. The van der Waals surface area contributed by atoms with Gasteiger partial charge in [0.05, 0.1) is 6.54 Å². The zero-order valence-electron chi connectivity index (χ0n) is 14.3. The summed E-state index contributed by atoms with van der Waals surface area (Å²) in [7, 11) is 7.18. The van der Waals surface area contributed by atoms with Gasteiger partial charge in [-0.25, -0.2) is 0 Å². The van der Waals surface area contributed by atoms with Crippen molar-refractivity contribution in [2.24, 2.45) is 4.99 Å². The molecule has 6 nitrogen and oxygen atoms in total. The lowest BCUT2D eigenvalue weighted by molar-refractivity contribution is -0.128. The Morgan fingerprint density at radius 3 is 2.43 bits per heavy atom. The molecule has 1 rings (SSSR count). The molecule has 0 aliphatic heterocycles. The molecule has 0 spiro atoms. The van der Waals surface area contributed by atoms with E-state index in [0.29, 0.717) is 26.1 Å². The van der Waals surface area contributed by atoms with E-state index >= 15 is 0 Å². The van der Waals surface area contributed by atoms with Gasteiger partial charge in [-0.1, -0.05) is 18.2 Å². The zero-order chi connectivity index (χ0) is 16.4. The lowest BCUT2D eigenvalue weighted by Crippen LogP contribution is -2.42. The molecule has 0 aliphatic rings. The Morgan fingerprint density at radius 2 is 1.87 bits per heavy atom. The molecule has 0 saturated heterocycles. The van der Waals surface area contributed by atoms with Gasteiger partial charge in [-0.3, -0.25) is 9.79 Å². The normalized spacial score (nSPS) is 10.5. The maximum Gasteiger partial charge on any atom is 0.223 e. The molecule has 0 atom stereocenters. The van der Waals surface area contributed by atoms with E-state index in [0.717, 1.165) is 11.7 Å². The topological polar surface area (TPSA) is 57.2 Å².